The predicted molar refractivity (Wildman–Crippen MR) is 84.8 cm³/mol. The first kappa shape index (κ1) is 15.8. The van der Waals surface area contributed by atoms with Crippen LogP contribution >= 0.6 is 11.6 Å². The first-order valence-corrected chi connectivity index (χ1v) is 8.38. The van der Waals surface area contributed by atoms with Gasteiger partial charge in [-0.25, -0.2) is 8.42 Å². The number of hydrogen-bond acceptors (Lipinski definition) is 3. The van der Waals surface area contributed by atoms with Crippen molar-refractivity contribution in [3.8, 4) is 0 Å². The van der Waals surface area contributed by atoms with Gasteiger partial charge in [-0.1, -0.05) is 41.9 Å². The number of aliphatic hydroxyl groups is 1. The Kier molecular flexibility index (Phi) is 4.88. The van der Waals surface area contributed by atoms with E-state index in [1.807, 2.05) is 0 Å². The highest BCUT2D eigenvalue weighted by Crippen LogP contribution is 2.22. The number of halogens is 1. The topological polar surface area (TPSA) is 66.4 Å². The van der Waals surface area contributed by atoms with Gasteiger partial charge in [0.1, 0.15) is 0 Å². The van der Waals surface area contributed by atoms with E-state index in [9.17, 15) is 8.42 Å². The zero-order valence-corrected chi connectivity index (χ0v) is 13.1. The third-order valence-corrected chi connectivity index (χ3v) is 4.48. The maximum atomic E-state index is 12.2. The summed E-state index contributed by atoms with van der Waals surface area (Å²) in [6.07, 6.45) is 0. The minimum Gasteiger partial charge on any atom is -0.392 e. The van der Waals surface area contributed by atoms with Crippen molar-refractivity contribution in [2.75, 3.05) is 4.72 Å². The molecule has 0 aliphatic carbocycles. The summed E-state index contributed by atoms with van der Waals surface area (Å²) in [5.41, 5.74) is 2.57. The number of aryl methyl sites for hydroxylation is 1. The van der Waals surface area contributed by atoms with Crippen molar-refractivity contribution in [1.29, 1.82) is 0 Å². The lowest BCUT2D eigenvalue weighted by Gasteiger charge is -2.11. The molecular weight excluding hydrogens is 310 g/mol. The fraction of sp³-hybridized carbons (Fsp3) is 0.200. The molecule has 0 bridgehead atoms. The summed E-state index contributed by atoms with van der Waals surface area (Å²) in [7, 11) is -3.54. The molecule has 0 spiro atoms. The van der Waals surface area contributed by atoms with Crippen molar-refractivity contribution in [2.24, 2.45) is 0 Å². The van der Waals surface area contributed by atoms with Gasteiger partial charge in [-0.05, 0) is 35.7 Å². The van der Waals surface area contributed by atoms with Gasteiger partial charge in [0.25, 0.3) is 0 Å². The molecule has 0 atom stereocenters. The molecule has 0 saturated carbocycles. The second-order valence-corrected chi connectivity index (χ2v) is 6.96. The van der Waals surface area contributed by atoms with Crippen LogP contribution in [0.2, 0.25) is 5.02 Å². The molecule has 4 nitrogen and oxygen atoms in total. The van der Waals surface area contributed by atoms with Gasteiger partial charge in [0.2, 0.25) is 10.0 Å². The normalized spacial score (nSPS) is 11.4. The van der Waals surface area contributed by atoms with Gasteiger partial charge in [0.05, 0.1) is 18.0 Å². The second-order valence-electron chi connectivity index (χ2n) is 4.80. The van der Waals surface area contributed by atoms with Crippen LogP contribution in [0.4, 0.5) is 5.69 Å². The minimum atomic E-state index is -3.54. The molecule has 2 aromatic rings. The largest absolute Gasteiger partial charge is 0.392 e. The minimum absolute atomic E-state index is 0.116. The van der Waals surface area contributed by atoms with Gasteiger partial charge in [-0.3, -0.25) is 4.72 Å². The van der Waals surface area contributed by atoms with Crippen LogP contribution in [-0.4, -0.2) is 13.5 Å². The van der Waals surface area contributed by atoms with Crippen molar-refractivity contribution < 1.29 is 13.5 Å². The standard InChI is InChI=1S/C15H16ClNO3S/c1-11-5-6-14(16)8-15(11)17-21(19,20)10-13-4-2-3-12(7-13)9-18/h2-8,17-18H,9-10H2,1H3. The molecule has 2 N–H and O–H groups in total. The molecule has 21 heavy (non-hydrogen) atoms. The lowest BCUT2D eigenvalue weighted by atomic mass is 10.1. The SMILES string of the molecule is Cc1ccc(Cl)cc1NS(=O)(=O)Cc1cccc(CO)c1. The molecule has 0 aliphatic heterocycles. The molecule has 0 fully saturated rings. The molecule has 0 unspecified atom stereocenters. The second kappa shape index (κ2) is 6.47. The van der Waals surface area contributed by atoms with Crippen LogP contribution < -0.4 is 4.72 Å². The molecule has 2 rings (SSSR count). The van der Waals surface area contributed by atoms with Crippen LogP contribution in [0.15, 0.2) is 42.5 Å². The number of sulfonamides is 1. The van der Waals surface area contributed by atoms with E-state index in [2.05, 4.69) is 4.72 Å². The van der Waals surface area contributed by atoms with Gasteiger partial charge in [-0.2, -0.15) is 0 Å². The summed E-state index contributed by atoms with van der Waals surface area (Å²) in [5.74, 6) is -0.160. The van der Waals surface area contributed by atoms with Gasteiger partial charge in [0, 0.05) is 5.02 Å². The molecule has 0 saturated heterocycles. The van der Waals surface area contributed by atoms with Crippen molar-refractivity contribution in [1.82, 2.24) is 0 Å². The van der Waals surface area contributed by atoms with E-state index in [-0.39, 0.29) is 12.4 Å². The highest BCUT2D eigenvalue weighted by molar-refractivity contribution is 7.91. The lowest BCUT2D eigenvalue weighted by molar-refractivity contribution is 0.282. The van der Waals surface area contributed by atoms with Crippen LogP contribution in [0.5, 0.6) is 0 Å². The Bertz CT molecular complexity index is 744. The molecule has 0 heterocycles. The summed E-state index contributed by atoms with van der Waals surface area (Å²) >= 11 is 5.88. The summed E-state index contributed by atoms with van der Waals surface area (Å²) in [6.45, 7) is 1.69. The fourth-order valence-electron chi connectivity index (χ4n) is 1.95. The van der Waals surface area contributed by atoms with Crippen molar-refractivity contribution >= 4 is 27.3 Å². The quantitative estimate of drug-likeness (QED) is 0.887. The zero-order chi connectivity index (χ0) is 15.5. The maximum absolute atomic E-state index is 12.2. The molecule has 0 aliphatic rings. The first-order valence-electron chi connectivity index (χ1n) is 6.35. The molecule has 6 heteroatoms. The number of hydrogen-bond donors (Lipinski definition) is 2. The van der Waals surface area contributed by atoms with Gasteiger partial charge in [-0.15, -0.1) is 0 Å². The number of rotatable bonds is 5. The Morgan fingerprint density at radius 3 is 2.57 bits per heavy atom. The Hall–Kier alpha value is -1.56. The van der Waals surface area contributed by atoms with Crippen molar-refractivity contribution in [3.05, 3.63) is 64.2 Å². The average Bonchev–Trinajstić information content (AvgIpc) is 2.42. The summed E-state index contributed by atoms with van der Waals surface area (Å²) in [5, 5.41) is 9.56. The summed E-state index contributed by atoms with van der Waals surface area (Å²) in [4.78, 5) is 0. The van der Waals surface area contributed by atoms with E-state index in [0.717, 1.165) is 5.56 Å². The summed E-state index contributed by atoms with van der Waals surface area (Å²) in [6, 6.07) is 11.9. The van der Waals surface area contributed by atoms with E-state index >= 15 is 0 Å². The van der Waals surface area contributed by atoms with Crippen LogP contribution in [0.3, 0.4) is 0 Å². The van der Waals surface area contributed by atoms with E-state index in [1.54, 1.807) is 49.4 Å². The highest BCUT2D eigenvalue weighted by atomic mass is 35.5. The Morgan fingerprint density at radius 1 is 1.14 bits per heavy atom. The number of benzene rings is 2. The highest BCUT2D eigenvalue weighted by Gasteiger charge is 2.13. The van der Waals surface area contributed by atoms with Crippen LogP contribution in [0, 0.1) is 6.92 Å². The molecule has 0 aromatic heterocycles. The fourth-order valence-corrected chi connectivity index (χ4v) is 3.36. The maximum Gasteiger partial charge on any atom is 0.236 e. The van der Waals surface area contributed by atoms with Crippen LogP contribution in [0.25, 0.3) is 0 Å². The molecule has 0 amide bonds. The van der Waals surface area contributed by atoms with Gasteiger partial charge >= 0.3 is 0 Å². The van der Waals surface area contributed by atoms with Gasteiger partial charge < -0.3 is 5.11 Å². The third-order valence-electron chi connectivity index (χ3n) is 3.00. The number of aliphatic hydroxyl groups excluding tert-OH is 1. The van der Waals surface area contributed by atoms with Crippen LogP contribution in [0.1, 0.15) is 16.7 Å². The zero-order valence-electron chi connectivity index (χ0n) is 11.5. The Morgan fingerprint density at radius 2 is 1.86 bits per heavy atom. The smallest absolute Gasteiger partial charge is 0.236 e. The van der Waals surface area contributed by atoms with Crippen molar-refractivity contribution in [2.45, 2.75) is 19.3 Å². The number of nitrogens with one attached hydrogen (secondary N) is 1. The molecule has 0 radical (unpaired) electrons. The monoisotopic (exact) mass is 325 g/mol. The van der Waals surface area contributed by atoms with E-state index < -0.39 is 10.0 Å². The predicted octanol–water partition coefficient (Wildman–Crippen LogP) is 3.08. The van der Waals surface area contributed by atoms with E-state index in [0.29, 0.717) is 21.8 Å². The summed E-state index contributed by atoms with van der Waals surface area (Å²) < 4.78 is 27.0. The first-order chi connectivity index (χ1) is 9.89. The van der Waals surface area contributed by atoms with E-state index in [4.69, 9.17) is 16.7 Å². The van der Waals surface area contributed by atoms with Crippen molar-refractivity contribution in [3.63, 3.8) is 0 Å². The Labute approximate surface area is 129 Å². The van der Waals surface area contributed by atoms with Crippen LogP contribution in [-0.2, 0) is 22.4 Å². The van der Waals surface area contributed by atoms with E-state index in [1.165, 1.54) is 0 Å². The number of anilines is 1. The molecule has 2 aromatic carbocycles. The Balaban J connectivity index is 2.20. The third kappa shape index (κ3) is 4.46. The lowest BCUT2D eigenvalue weighted by Crippen LogP contribution is -2.16. The average molecular weight is 326 g/mol. The molecule has 112 valence electrons. The molecular formula is C15H16ClNO3S. The van der Waals surface area contributed by atoms with Gasteiger partial charge in [0.15, 0.2) is 0 Å².